The Balaban J connectivity index is 1.82. The highest BCUT2D eigenvalue weighted by molar-refractivity contribution is 6.37. The van der Waals surface area contributed by atoms with Gasteiger partial charge in [0.15, 0.2) is 5.75 Å². The summed E-state index contributed by atoms with van der Waals surface area (Å²) in [5, 5.41) is 21.6. The monoisotopic (exact) mass is 459 g/mol. The number of benzene rings is 3. The Kier molecular flexibility index (Phi) is 7.05. The smallest absolute Gasteiger partial charge is 0.322 e. The van der Waals surface area contributed by atoms with E-state index in [1.165, 1.54) is 18.2 Å². The fraction of sp³-hybridized carbons (Fsp3) is 0.130. The molecule has 0 atom stereocenters. The molecule has 0 aliphatic rings. The number of carbonyl (C=O) groups is 2. The number of phenols is 1. The van der Waals surface area contributed by atoms with Crippen LogP contribution in [0, 0.1) is 6.92 Å². The van der Waals surface area contributed by atoms with Crippen molar-refractivity contribution in [3.8, 4) is 28.4 Å². The van der Waals surface area contributed by atoms with Gasteiger partial charge in [0.05, 0.1) is 16.5 Å². The Morgan fingerprint density at radius 1 is 1.03 bits per heavy atom. The number of hydrogen-bond donors (Lipinski definition) is 3. The van der Waals surface area contributed by atoms with Gasteiger partial charge in [0.1, 0.15) is 18.0 Å². The number of halogens is 2. The minimum absolute atomic E-state index is 0.0796. The molecule has 3 aromatic rings. The second-order valence-electron chi connectivity index (χ2n) is 6.89. The van der Waals surface area contributed by atoms with Crippen LogP contribution in [-0.4, -0.2) is 28.6 Å². The van der Waals surface area contributed by atoms with E-state index in [1.54, 1.807) is 12.1 Å². The molecule has 1 amide bonds. The van der Waals surface area contributed by atoms with Crippen molar-refractivity contribution in [2.75, 3.05) is 6.54 Å². The Morgan fingerprint density at radius 2 is 1.74 bits per heavy atom. The van der Waals surface area contributed by atoms with E-state index in [4.69, 9.17) is 33.0 Å². The van der Waals surface area contributed by atoms with Crippen LogP contribution in [0.2, 0.25) is 10.0 Å². The lowest BCUT2D eigenvalue weighted by atomic mass is 10.0. The van der Waals surface area contributed by atoms with Crippen LogP contribution in [0.5, 0.6) is 17.2 Å². The van der Waals surface area contributed by atoms with Crippen molar-refractivity contribution in [3.63, 3.8) is 0 Å². The molecule has 6 nitrogen and oxygen atoms in total. The summed E-state index contributed by atoms with van der Waals surface area (Å²) in [5.74, 6) is -0.863. The standard InChI is InChI=1S/C23H19Cl2NO5/c1-13-3-2-4-15(7-13)17-11-16(5-6-20(17)27)31-23-18(24)8-14(9-19(23)25)10-21(28)26-12-22(29)30/h2-9,11,27H,10,12H2,1H3,(H,26,28)(H,29,30). The number of rotatable bonds is 7. The summed E-state index contributed by atoms with van der Waals surface area (Å²) in [5.41, 5.74) is 3.00. The molecule has 8 heteroatoms. The molecule has 0 aliphatic heterocycles. The van der Waals surface area contributed by atoms with E-state index in [1.807, 2.05) is 31.2 Å². The zero-order valence-corrected chi connectivity index (χ0v) is 18.0. The molecular formula is C23H19Cl2NO5. The van der Waals surface area contributed by atoms with E-state index in [0.29, 0.717) is 16.9 Å². The number of hydrogen-bond acceptors (Lipinski definition) is 4. The number of carboxylic acids is 1. The summed E-state index contributed by atoms with van der Waals surface area (Å²) in [4.78, 5) is 22.4. The lowest BCUT2D eigenvalue weighted by molar-refractivity contribution is -0.137. The van der Waals surface area contributed by atoms with E-state index in [0.717, 1.165) is 11.1 Å². The average molecular weight is 460 g/mol. The van der Waals surface area contributed by atoms with Crippen molar-refractivity contribution >= 4 is 35.1 Å². The van der Waals surface area contributed by atoms with Crippen LogP contribution in [0.1, 0.15) is 11.1 Å². The van der Waals surface area contributed by atoms with E-state index in [9.17, 15) is 14.7 Å². The lowest BCUT2D eigenvalue weighted by Gasteiger charge is -2.13. The molecule has 0 aliphatic carbocycles. The van der Waals surface area contributed by atoms with Gasteiger partial charge in [0.2, 0.25) is 5.91 Å². The van der Waals surface area contributed by atoms with Crippen LogP contribution in [0.15, 0.2) is 54.6 Å². The highest BCUT2D eigenvalue weighted by Gasteiger charge is 2.15. The third-order valence-corrected chi connectivity index (χ3v) is 4.94. The van der Waals surface area contributed by atoms with Crippen LogP contribution in [0.25, 0.3) is 11.1 Å². The second-order valence-corrected chi connectivity index (χ2v) is 7.70. The number of aromatic hydroxyl groups is 1. The number of carboxylic acid groups (broad SMARTS) is 1. The topological polar surface area (TPSA) is 95.9 Å². The Morgan fingerprint density at radius 3 is 2.39 bits per heavy atom. The van der Waals surface area contributed by atoms with Gasteiger partial charge in [-0.3, -0.25) is 9.59 Å². The number of aryl methyl sites for hydroxylation is 1. The number of carbonyl (C=O) groups excluding carboxylic acids is 1. The second kappa shape index (κ2) is 9.73. The molecule has 0 fully saturated rings. The average Bonchev–Trinajstić information content (AvgIpc) is 2.70. The first-order valence-electron chi connectivity index (χ1n) is 9.27. The van der Waals surface area contributed by atoms with Crippen LogP contribution < -0.4 is 10.1 Å². The predicted octanol–water partition coefficient (Wildman–Crippen LogP) is 5.21. The maximum absolute atomic E-state index is 11.8. The number of nitrogens with one attached hydrogen (secondary N) is 1. The third-order valence-electron chi connectivity index (χ3n) is 4.38. The quantitative estimate of drug-likeness (QED) is 0.450. The van der Waals surface area contributed by atoms with Gasteiger partial charge in [-0.05, 0) is 48.4 Å². The van der Waals surface area contributed by atoms with E-state index in [2.05, 4.69) is 5.32 Å². The largest absolute Gasteiger partial charge is 0.507 e. The highest BCUT2D eigenvalue weighted by Crippen LogP contribution is 2.40. The number of ether oxygens (including phenoxy) is 1. The van der Waals surface area contributed by atoms with Gasteiger partial charge >= 0.3 is 5.97 Å². The normalized spacial score (nSPS) is 10.5. The molecule has 0 unspecified atom stereocenters. The van der Waals surface area contributed by atoms with Gasteiger partial charge in [-0.2, -0.15) is 0 Å². The molecule has 0 bridgehead atoms. The lowest BCUT2D eigenvalue weighted by Crippen LogP contribution is -2.30. The molecule has 0 spiro atoms. The maximum atomic E-state index is 11.8. The van der Waals surface area contributed by atoms with Gasteiger partial charge in [0, 0.05) is 5.56 Å². The van der Waals surface area contributed by atoms with Crippen molar-refractivity contribution in [2.24, 2.45) is 0 Å². The minimum Gasteiger partial charge on any atom is -0.507 e. The number of amides is 1. The van der Waals surface area contributed by atoms with Crippen molar-refractivity contribution < 1.29 is 24.5 Å². The first-order valence-corrected chi connectivity index (χ1v) is 10.0. The summed E-state index contributed by atoms with van der Waals surface area (Å²) in [6.45, 7) is 1.50. The SMILES string of the molecule is Cc1cccc(-c2cc(Oc3c(Cl)cc(CC(=O)NCC(=O)O)cc3Cl)ccc2O)c1. The van der Waals surface area contributed by atoms with E-state index < -0.39 is 18.4 Å². The summed E-state index contributed by atoms with van der Waals surface area (Å²) < 4.78 is 5.87. The fourth-order valence-electron chi connectivity index (χ4n) is 2.97. The van der Waals surface area contributed by atoms with Crippen molar-refractivity contribution in [3.05, 3.63) is 75.8 Å². The molecule has 3 N–H and O–H groups in total. The maximum Gasteiger partial charge on any atom is 0.322 e. The highest BCUT2D eigenvalue weighted by atomic mass is 35.5. The molecule has 160 valence electrons. The first-order chi connectivity index (χ1) is 14.7. The van der Waals surface area contributed by atoms with Crippen LogP contribution in [0.4, 0.5) is 0 Å². The zero-order chi connectivity index (χ0) is 22.5. The zero-order valence-electron chi connectivity index (χ0n) is 16.5. The molecule has 0 radical (unpaired) electrons. The van der Waals surface area contributed by atoms with E-state index >= 15 is 0 Å². The predicted molar refractivity (Wildman–Crippen MR) is 119 cm³/mol. The van der Waals surface area contributed by atoms with Crippen molar-refractivity contribution in [2.45, 2.75) is 13.3 Å². The molecule has 0 saturated carbocycles. The summed E-state index contributed by atoms with van der Waals surface area (Å²) in [6.07, 6.45) is -0.0796. The summed E-state index contributed by atoms with van der Waals surface area (Å²) >= 11 is 12.6. The van der Waals surface area contributed by atoms with E-state index in [-0.39, 0.29) is 28.0 Å². The van der Waals surface area contributed by atoms with Gasteiger partial charge in [-0.15, -0.1) is 0 Å². The first kappa shape index (κ1) is 22.5. The molecule has 0 aromatic heterocycles. The van der Waals surface area contributed by atoms with Gasteiger partial charge in [-0.1, -0.05) is 53.0 Å². The molecule has 3 aromatic carbocycles. The third kappa shape index (κ3) is 5.90. The van der Waals surface area contributed by atoms with Gasteiger partial charge in [-0.25, -0.2) is 0 Å². The van der Waals surface area contributed by atoms with Crippen LogP contribution >= 0.6 is 23.2 Å². The molecular weight excluding hydrogens is 441 g/mol. The minimum atomic E-state index is -1.13. The summed E-state index contributed by atoms with van der Waals surface area (Å²) in [7, 11) is 0. The van der Waals surface area contributed by atoms with Crippen molar-refractivity contribution in [1.29, 1.82) is 0 Å². The Hall–Kier alpha value is -3.22. The molecule has 3 rings (SSSR count). The summed E-state index contributed by atoms with van der Waals surface area (Å²) in [6, 6.07) is 15.6. The molecule has 0 heterocycles. The van der Waals surface area contributed by atoms with Crippen molar-refractivity contribution in [1.82, 2.24) is 5.32 Å². The van der Waals surface area contributed by atoms with Crippen LogP contribution in [-0.2, 0) is 16.0 Å². The Labute approximate surface area is 189 Å². The fourth-order valence-corrected chi connectivity index (χ4v) is 3.58. The molecule has 0 saturated heterocycles. The van der Waals surface area contributed by atoms with Gasteiger partial charge < -0.3 is 20.3 Å². The number of phenolic OH excluding ortho intramolecular Hbond substituents is 1. The molecule has 31 heavy (non-hydrogen) atoms. The van der Waals surface area contributed by atoms with Gasteiger partial charge in [0.25, 0.3) is 0 Å². The number of aliphatic carboxylic acids is 1. The van der Waals surface area contributed by atoms with Crippen LogP contribution in [0.3, 0.4) is 0 Å². The Bertz CT molecular complexity index is 1120.